The van der Waals surface area contributed by atoms with Crippen molar-refractivity contribution in [3.05, 3.63) is 51.8 Å². The molecule has 0 saturated heterocycles. The molecule has 0 aliphatic heterocycles. The average molecular weight is 334 g/mol. The Morgan fingerprint density at radius 2 is 2.23 bits per heavy atom. The molecule has 1 saturated carbocycles. The summed E-state index contributed by atoms with van der Waals surface area (Å²) in [6, 6.07) is 5.54. The van der Waals surface area contributed by atoms with E-state index in [1.807, 2.05) is 0 Å². The van der Waals surface area contributed by atoms with Crippen molar-refractivity contribution in [3.8, 4) is 0 Å². The van der Waals surface area contributed by atoms with Gasteiger partial charge >= 0.3 is 0 Å². The van der Waals surface area contributed by atoms with Crippen LogP contribution in [0.5, 0.6) is 0 Å². The number of pyridine rings is 1. The SMILES string of the molecule is O=c1cc(CSc2nncn2C2CC2)nc2ccc(Cl)cn12. The highest BCUT2D eigenvalue weighted by Crippen LogP contribution is 2.37. The van der Waals surface area contributed by atoms with Gasteiger partial charge in [0.25, 0.3) is 5.56 Å². The fourth-order valence-electron chi connectivity index (χ4n) is 2.28. The predicted molar refractivity (Wildman–Crippen MR) is 84.3 cm³/mol. The molecule has 112 valence electrons. The Bertz CT molecular complexity index is 902. The van der Waals surface area contributed by atoms with E-state index < -0.39 is 0 Å². The van der Waals surface area contributed by atoms with E-state index in [9.17, 15) is 4.79 Å². The number of aromatic nitrogens is 5. The van der Waals surface area contributed by atoms with Crippen molar-refractivity contribution in [3.63, 3.8) is 0 Å². The minimum absolute atomic E-state index is 0.133. The number of rotatable bonds is 4. The van der Waals surface area contributed by atoms with Crippen molar-refractivity contribution in [1.29, 1.82) is 0 Å². The molecule has 0 atom stereocenters. The highest BCUT2D eigenvalue weighted by atomic mass is 35.5. The monoisotopic (exact) mass is 333 g/mol. The Morgan fingerprint density at radius 1 is 1.36 bits per heavy atom. The number of nitrogens with zero attached hydrogens (tertiary/aromatic N) is 5. The topological polar surface area (TPSA) is 65.1 Å². The first-order valence-electron chi connectivity index (χ1n) is 6.91. The Kier molecular flexibility index (Phi) is 3.38. The van der Waals surface area contributed by atoms with Gasteiger partial charge in [0.15, 0.2) is 5.16 Å². The number of hydrogen-bond donors (Lipinski definition) is 0. The Hall–Kier alpha value is -1.86. The van der Waals surface area contributed by atoms with Crippen LogP contribution in [0.1, 0.15) is 24.6 Å². The van der Waals surface area contributed by atoms with Gasteiger partial charge < -0.3 is 4.57 Å². The number of thioether (sulfide) groups is 1. The predicted octanol–water partition coefficient (Wildman–Crippen LogP) is 2.57. The zero-order chi connectivity index (χ0) is 15.1. The summed E-state index contributed by atoms with van der Waals surface area (Å²) in [5.41, 5.74) is 1.19. The lowest BCUT2D eigenvalue weighted by atomic mass is 10.4. The van der Waals surface area contributed by atoms with Crippen molar-refractivity contribution in [1.82, 2.24) is 24.1 Å². The summed E-state index contributed by atoms with van der Waals surface area (Å²) in [5, 5.41) is 9.49. The maximum Gasteiger partial charge on any atom is 0.258 e. The molecule has 0 spiro atoms. The number of fused-ring (bicyclic) bond motifs is 1. The third kappa shape index (κ3) is 2.62. The smallest absolute Gasteiger partial charge is 0.258 e. The van der Waals surface area contributed by atoms with Crippen molar-refractivity contribution in [2.75, 3.05) is 0 Å². The summed E-state index contributed by atoms with van der Waals surface area (Å²) in [6.07, 6.45) is 5.71. The van der Waals surface area contributed by atoms with Crippen molar-refractivity contribution in [2.45, 2.75) is 29.8 Å². The Labute approximate surface area is 135 Å². The van der Waals surface area contributed by atoms with Gasteiger partial charge in [-0.2, -0.15) is 0 Å². The van der Waals surface area contributed by atoms with Gasteiger partial charge in [-0.1, -0.05) is 23.4 Å². The van der Waals surface area contributed by atoms with Crippen LogP contribution in [0.2, 0.25) is 5.02 Å². The van der Waals surface area contributed by atoms with Crippen LogP contribution in [-0.4, -0.2) is 24.1 Å². The molecule has 1 aliphatic carbocycles. The molecule has 3 heterocycles. The second-order valence-electron chi connectivity index (χ2n) is 5.20. The highest BCUT2D eigenvalue weighted by Gasteiger charge is 2.26. The highest BCUT2D eigenvalue weighted by molar-refractivity contribution is 7.98. The van der Waals surface area contributed by atoms with Crippen molar-refractivity contribution >= 4 is 29.0 Å². The van der Waals surface area contributed by atoms with E-state index >= 15 is 0 Å². The molecule has 0 N–H and O–H groups in total. The van der Waals surface area contributed by atoms with Crippen molar-refractivity contribution in [2.24, 2.45) is 0 Å². The standard InChI is InChI=1S/C14H12ClN5OS/c15-9-1-4-12-17-10(5-13(21)19(12)6-9)7-22-14-18-16-8-20(14)11-2-3-11/h1,4-6,8,11H,2-3,7H2. The second kappa shape index (κ2) is 5.40. The average Bonchev–Trinajstić information content (AvgIpc) is 3.24. The minimum atomic E-state index is -0.133. The molecule has 6 nitrogen and oxygen atoms in total. The molecular weight excluding hydrogens is 322 g/mol. The summed E-state index contributed by atoms with van der Waals surface area (Å²) in [4.78, 5) is 16.6. The first-order chi connectivity index (χ1) is 10.7. The summed E-state index contributed by atoms with van der Waals surface area (Å²) < 4.78 is 3.54. The summed E-state index contributed by atoms with van der Waals surface area (Å²) in [7, 11) is 0. The lowest BCUT2D eigenvalue weighted by Crippen LogP contribution is -2.15. The quantitative estimate of drug-likeness (QED) is 0.686. The van der Waals surface area contributed by atoms with Crippen LogP contribution < -0.4 is 5.56 Å². The largest absolute Gasteiger partial charge is 0.306 e. The van der Waals surface area contributed by atoms with E-state index in [1.165, 1.54) is 23.3 Å². The van der Waals surface area contributed by atoms with Crippen LogP contribution in [0.3, 0.4) is 0 Å². The minimum Gasteiger partial charge on any atom is -0.306 e. The van der Waals surface area contributed by atoms with E-state index in [4.69, 9.17) is 11.6 Å². The molecule has 8 heteroatoms. The zero-order valence-corrected chi connectivity index (χ0v) is 13.1. The van der Waals surface area contributed by atoms with Gasteiger partial charge in [0.2, 0.25) is 0 Å². The van der Waals surface area contributed by atoms with Crippen LogP contribution in [0.15, 0.2) is 40.7 Å². The molecule has 3 aromatic heterocycles. The van der Waals surface area contributed by atoms with Gasteiger partial charge in [-0.05, 0) is 25.0 Å². The van der Waals surface area contributed by atoms with Crippen LogP contribution in [0.25, 0.3) is 5.65 Å². The van der Waals surface area contributed by atoms with Gasteiger partial charge in [0, 0.05) is 24.1 Å². The molecule has 0 amide bonds. The van der Waals surface area contributed by atoms with Crippen LogP contribution in [0, 0.1) is 0 Å². The van der Waals surface area contributed by atoms with E-state index in [1.54, 1.807) is 36.4 Å². The van der Waals surface area contributed by atoms with Crippen molar-refractivity contribution < 1.29 is 0 Å². The van der Waals surface area contributed by atoms with Crippen LogP contribution in [0.4, 0.5) is 0 Å². The fourth-order valence-corrected chi connectivity index (χ4v) is 3.31. The first kappa shape index (κ1) is 13.8. The lowest BCUT2D eigenvalue weighted by Gasteiger charge is -2.05. The molecule has 0 unspecified atom stereocenters. The maximum absolute atomic E-state index is 12.1. The fraction of sp³-hybridized carbons (Fsp3) is 0.286. The maximum atomic E-state index is 12.1. The Balaban J connectivity index is 1.60. The molecule has 3 aromatic rings. The molecule has 1 aliphatic rings. The normalized spacial score (nSPS) is 14.6. The molecule has 1 fully saturated rings. The molecule has 22 heavy (non-hydrogen) atoms. The summed E-state index contributed by atoms with van der Waals surface area (Å²) in [6.45, 7) is 0. The first-order valence-corrected chi connectivity index (χ1v) is 8.27. The van der Waals surface area contributed by atoms with E-state index in [-0.39, 0.29) is 5.56 Å². The van der Waals surface area contributed by atoms with E-state index in [0.29, 0.717) is 22.5 Å². The molecule has 0 aromatic carbocycles. The van der Waals surface area contributed by atoms with Gasteiger partial charge in [-0.25, -0.2) is 4.98 Å². The summed E-state index contributed by atoms with van der Waals surface area (Å²) >= 11 is 7.45. The van der Waals surface area contributed by atoms with Gasteiger partial charge in [0.1, 0.15) is 12.0 Å². The molecular formula is C14H12ClN5OS. The van der Waals surface area contributed by atoms with Gasteiger partial charge in [-0.3, -0.25) is 9.20 Å². The van der Waals surface area contributed by atoms with Crippen LogP contribution in [-0.2, 0) is 5.75 Å². The number of halogens is 1. The summed E-state index contributed by atoms with van der Waals surface area (Å²) in [5.74, 6) is 0.583. The van der Waals surface area contributed by atoms with Gasteiger partial charge in [0.05, 0.1) is 10.7 Å². The number of hydrogen-bond acceptors (Lipinski definition) is 5. The van der Waals surface area contributed by atoms with E-state index in [2.05, 4.69) is 19.7 Å². The van der Waals surface area contributed by atoms with Crippen LogP contribution >= 0.6 is 23.4 Å². The third-order valence-electron chi connectivity index (χ3n) is 3.51. The second-order valence-corrected chi connectivity index (χ2v) is 6.58. The third-order valence-corrected chi connectivity index (χ3v) is 4.72. The Morgan fingerprint density at radius 3 is 3.05 bits per heavy atom. The molecule has 4 rings (SSSR count). The lowest BCUT2D eigenvalue weighted by molar-refractivity contribution is 0.663. The molecule has 0 bridgehead atoms. The van der Waals surface area contributed by atoms with Gasteiger partial charge in [-0.15, -0.1) is 10.2 Å². The molecule has 0 radical (unpaired) electrons. The van der Waals surface area contributed by atoms with E-state index in [0.717, 1.165) is 10.9 Å². The zero-order valence-electron chi connectivity index (χ0n) is 11.5.